The summed E-state index contributed by atoms with van der Waals surface area (Å²) in [5.41, 5.74) is 7.94. The molecule has 27 heavy (non-hydrogen) atoms. The zero-order valence-corrected chi connectivity index (χ0v) is 14.8. The van der Waals surface area contributed by atoms with Crippen molar-refractivity contribution >= 4 is 17.4 Å². The quantitative estimate of drug-likeness (QED) is 0.694. The van der Waals surface area contributed by atoms with E-state index in [1.54, 1.807) is 12.1 Å². The summed E-state index contributed by atoms with van der Waals surface area (Å²) < 4.78 is 5.85. The maximum atomic E-state index is 11.7. The Balaban J connectivity index is 1.62. The average Bonchev–Trinajstić information content (AvgIpc) is 3.47. The number of pyridine rings is 1. The highest BCUT2D eigenvalue weighted by molar-refractivity contribution is 5.97. The van der Waals surface area contributed by atoms with E-state index in [2.05, 4.69) is 26.6 Å². The van der Waals surface area contributed by atoms with Crippen LogP contribution in [0.3, 0.4) is 0 Å². The molecule has 1 saturated carbocycles. The molecule has 0 radical (unpaired) electrons. The van der Waals surface area contributed by atoms with Crippen LogP contribution in [0.25, 0.3) is 0 Å². The second-order valence-corrected chi connectivity index (χ2v) is 6.55. The molecule has 2 heterocycles. The summed E-state index contributed by atoms with van der Waals surface area (Å²) >= 11 is 0. The van der Waals surface area contributed by atoms with Crippen molar-refractivity contribution in [1.29, 1.82) is 0 Å². The Morgan fingerprint density at radius 3 is 2.70 bits per heavy atom. The summed E-state index contributed by atoms with van der Waals surface area (Å²) in [5, 5.41) is 11.0. The highest BCUT2D eigenvalue weighted by Crippen LogP contribution is 2.41. The van der Waals surface area contributed by atoms with Crippen LogP contribution in [0, 0.1) is 6.92 Å². The number of hydrogen-bond donors (Lipinski definition) is 2. The first-order valence-corrected chi connectivity index (χ1v) is 8.74. The highest BCUT2D eigenvalue weighted by atomic mass is 16.5. The second-order valence-electron chi connectivity index (χ2n) is 6.55. The smallest absolute Gasteiger partial charge is 0.271 e. The van der Waals surface area contributed by atoms with Gasteiger partial charge in [-0.25, -0.2) is 4.98 Å². The van der Waals surface area contributed by atoms with Crippen molar-refractivity contribution in [2.24, 2.45) is 5.73 Å². The predicted molar refractivity (Wildman–Crippen MR) is 101 cm³/mol. The maximum Gasteiger partial charge on any atom is 0.271 e. The Hall–Kier alpha value is -3.48. The predicted octanol–water partition coefficient (Wildman–Crippen LogP) is 3.69. The maximum absolute atomic E-state index is 11.7. The van der Waals surface area contributed by atoms with Crippen LogP contribution in [0.4, 0.5) is 11.5 Å². The Kier molecular flexibility index (Phi) is 4.42. The van der Waals surface area contributed by atoms with Gasteiger partial charge >= 0.3 is 0 Å². The van der Waals surface area contributed by atoms with E-state index < -0.39 is 5.91 Å². The Morgan fingerprint density at radius 1 is 1.15 bits per heavy atom. The summed E-state index contributed by atoms with van der Waals surface area (Å²) in [7, 11) is 0. The number of amides is 1. The van der Waals surface area contributed by atoms with Gasteiger partial charge in [-0.1, -0.05) is 18.2 Å². The monoisotopic (exact) mass is 361 g/mol. The Morgan fingerprint density at radius 2 is 1.96 bits per heavy atom. The van der Waals surface area contributed by atoms with Gasteiger partial charge in [-0.05, 0) is 55.5 Å². The largest absolute Gasteiger partial charge is 0.437 e. The third-order valence-electron chi connectivity index (χ3n) is 4.29. The number of benzene rings is 1. The number of anilines is 2. The van der Waals surface area contributed by atoms with Crippen LogP contribution in [-0.2, 0) is 0 Å². The molecule has 136 valence electrons. The molecule has 1 aromatic carbocycles. The summed E-state index contributed by atoms with van der Waals surface area (Å²) in [6, 6.07) is 15.1. The van der Waals surface area contributed by atoms with Crippen molar-refractivity contribution in [3.63, 3.8) is 0 Å². The molecule has 0 spiro atoms. The second kappa shape index (κ2) is 7.03. The van der Waals surface area contributed by atoms with Gasteiger partial charge in [0.05, 0.1) is 5.69 Å². The Labute approximate surface area is 156 Å². The van der Waals surface area contributed by atoms with Crippen molar-refractivity contribution in [3.8, 4) is 11.6 Å². The van der Waals surface area contributed by atoms with Crippen molar-refractivity contribution < 1.29 is 9.53 Å². The normalized spacial score (nSPS) is 13.2. The minimum atomic E-state index is -0.681. The van der Waals surface area contributed by atoms with E-state index in [1.807, 2.05) is 37.3 Å². The van der Waals surface area contributed by atoms with Gasteiger partial charge in [-0.15, -0.1) is 10.2 Å². The molecule has 1 aliphatic rings. The van der Waals surface area contributed by atoms with Gasteiger partial charge < -0.3 is 15.8 Å². The van der Waals surface area contributed by atoms with Gasteiger partial charge in [-0.2, -0.15) is 0 Å². The lowest BCUT2D eigenvalue weighted by Crippen LogP contribution is -2.16. The first-order valence-electron chi connectivity index (χ1n) is 8.74. The number of nitrogens with one attached hydrogen (secondary N) is 1. The molecule has 3 N–H and O–H groups in total. The molecular weight excluding hydrogens is 342 g/mol. The minimum absolute atomic E-state index is 0.0254. The van der Waals surface area contributed by atoms with Crippen molar-refractivity contribution in [2.45, 2.75) is 25.7 Å². The van der Waals surface area contributed by atoms with Gasteiger partial charge in [0.2, 0.25) is 5.88 Å². The number of nitrogens with two attached hydrogens (primary N) is 1. The van der Waals surface area contributed by atoms with E-state index in [1.165, 1.54) is 18.4 Å². The molecule has 0 saturated heterocycles. The fourth-order valence-electron chi connectivity index (χ4n) is 2.82. The number of nitrogens with zero attached hydrogens (tertiary/aromatic N) is 3. The van der Waals surface area contributed by atoms with Crippen LogP contribution in [-0.4, -0.2) is 21.1 Å². The van der Waals surface area contributed by atoms with Gasteiger partial charge in [0.1, 0.15) is 11.6 Å². The average molecular weight is 361 g/mol. The van der Waals surface area contributed by atoms with E-state index in [9.17, 15) is 4.79 Å². The molecule has 4 rings (SSSR count). The zero-order valence-electron chi connectivity index (χ0n) is 14.8. The number of primary amides is 1. The van der Waals surface area contributed by atoms with Crippen molar-refractivity contribution in [3.05, 3.63) is 65.5 Å². The van der Waals surface area contributed by atoms with Crippen LogP contribution >= 0.6 is 0 Å². The van der Waals surface area contributed by atoms with Crippen LogP contribution in [0.2, 0.25) is 0 Å². The van der Waals surface area contributed by atoms with E-state index in [4.69, 9.17) is 10.5 Å². The van der Waals surface area contributed by atoms with Gasteiger partial charge in [0.25, 0.3) is 5.91 Å². The lowest BCUT2D eigenvalue weighted by atomic mass is 10.1. The number of carbonyl (C=O) groups is 1. The minimum Gasteiger partial charge on any atom is -0.437 e. The third kappa shape index (κ3) is 4.03. The molecule has 0 unspecified atom stereocenters. The van der Waals surface area contributed by atoms with Crippen molar-refractivity contribution in [2.75, 3.05) is 5.32 Å². The van der Waals surface area contributed by atoms with E-state index in [-0.39, 0.29) is 11.6 Å². The molecule has 7 nitrogen and oxygen atoms in total. The number of aromatic nitrogens is 3. The molecule has 3 aromatic rings. The van der Waals surface area contributed by atoms with Gasteiger partial charge in [-0.3, -0.25) is 4.79 Å². The molecule has 1 aliphatic carbocycles. The van der Waals surface area contributed by atoms with E-state index in [0.29, 0.717) is 23.2 Å². The van der Waals surface area contributed by atoms with Crippen LogP contribution in [0.5, 0.6) is 11.6 Å². The van der Waals surface area contributed by atoms with Crippen LogP contribution in [0.1, 0.15) is 40.5 Å². The first kappa shape index (κ1) is 17.0. The number of carbonyl (C=O) groups excluding carboxylic acids is 1. The van der Waals surface area contributed by atoms with Crippen molar-refractivity contribution in [1.82, 2.24) is 15.2 Å². The number of aryl methyl sites for hydroxylation is 1. The molecular formula is C20H19N5O2. The molecule has 2 aromatic heterocycles. The first-order chi connectivity index (χ1) is 13.1. The third-order valence-corrected chi connectivity index (χ3v) is 4.29. The van der Waals surface area contributed by atoms with Crippen LogP contribution in [0.15, 0.2) is 48.5 Å². The van der Waals surface area contributed by atoms with Gasteiger partial charge in [0.15, 0.2) is 5.69 Å². The van der Waals surface area contributed by atoms with Gasteiger partial charge in [0, 0.05) is 11.8 Å². The summed E-state index contributed by atoms with van der Waals surface area (Å²) in [4.78, 5) is 16.1. The van der Waals surface area contributed by atoms with E-state index in [0.717, 1.165) is 5.69 Å². The molecule has 7 heteroatoms. The lowest BCUT2D eigenvalue weighted by Gasteiger charge is -2.11. The van der Waals surface area contributed by atoms with E-state index >= 15 is 0 Å². The number of ether oxygens (including phenoxy) is 1. The standard InChI is InChI=1S/C20H19N5O2/c1-12-4-2-7-17(22-12)23-16-11-18(24-25-19(16)20(21)26)27-15-6-3-5-14(10-15)13-8-9-13/h2-7,10-11,13H,8-9H2,1H3,(H2,21,26)(H,22,23,24). The lowest BCUT2D eigenvalue weighted by molar-refractivity contribution is 0.0995. The number of hydrogen-bond acceptors (Lipinski definition) is 6. The number of rotatable bonds is 6. The highest BCUT2D eigenvalue weighted by Gasteiger charge is 2.23. The summed E-state index contributed by atoms with van der Waals surface area (Å²) in [6.45, 7) is 1.88. The fourth-order valence-corrected chi connectivity index (χ4v) is 2.82. The Bertz CT molecular complexity index is 1000. The zero-order chi connectivity index (χ0) is 18.8. The topological polar surface area (TPSA) is 103 Å². The molecule has 0 atom stereocenters. The summed E-state index contributed by atoms with van der Waals surface area (Å²) in [5.74, 6) is 1.47. The summed E-state index contributed by atoms with van der Waals surface area (Å²) in [6.07, 6.45) is 2.43. The fraction of sp³-hybridized carbons (Fsp3) is 0.200. The molecule has 1 fully saturated rings. The molecule has 0 aliphatic heterocycles. The molecule has 1 amide bonds. The molecule has 0 bridgehead atoms. The SMILES string of the molecule is Cc1cccc(Nc2cc(Oc3cccc(C4CC4)c3)nnc2C(N)=O)n1. The van der Waals surface area contributed by atoms with Crippen LogP contribution < -0.4 is 15.8 Å².